The molecule has 1 saturated heterocycles. The number of amides is 2. The summed E-state index contributed by atoms with van der Waals surface area (Å²) in [6.07, 6.45) is 2.02. The minimum absolute atomic E-state index is 0.126. The second-order valence-corrected chi connectivity index (χ2v) is 5.57. The van der Waals surface area contributed by atoms with Crippen LogP contribution in [0.2, 0.25) is 0 Å². The van der Waals surface area contributed by atoms with Gasteiger partial charge in [0.25, 0.3) is 0 Å². The Morgan fingerprint density at radius 2 is 1.86 bits per heavy atom. The lowest BCUT2D eigenvalue weighted by Gasteiger charge is -2.38. The van der Waals surface area contributed by atoms with Gasteiger partial charge in [-0.05, 0) is 23.8 Å². The Morgan fingerprint density at radius 3 is 2.71 bits per heavy atom. The van der Waals surface area contributed by atoms with Crippen LogP contribution in [-0.4, -0.2) is 34.9 Å². The standard InChI is InChI=1S/C16H15N3O2/c1-17-10-14-13-7-4-8-18(13)9-11-5-2-3-6-12(11)19(14)16(21)15(17)20/h2-8,14H,9-10H2,1H3. The van der Waals surface area contributed by atoms with Crippen molar-refractivity contribution in [1.82, 2.24) is 9.47 Å². The molecule has 2 amide bonds. The molecular weight excluding hydrogens is 266 g/mol. The van der Waals surface area contributed by atoms with Crippen molar-refractivity contribution in [2.75, 3.05) is 18.5 Å². The number of fused-ring (bicyclic) bond motifs is 5. The fourth-order valence-corrected chi connectivity index (χ4v) is 3.27. The number of carbonyl (C=O) groups is 2. The third-order valence-electron chi connectivity index (χ3n) is 4.30. The summed E-state index contributed by atoms with van der Waals surface area (Å²) in [4.78, 5) is 27.8. The van der Waals surface area contributed by atoms with Crippen molar-refractivity contribution in [3.8, 4) is 0 Å². The predicted octanol–water partition coefficient (Wildman–Crippen LogP) is 1.40. The van der Waals surface area contributed by atoms with E-state index in [1.807, 2.05) is 42.6 Å². The van der Waals surface area contributed by atoms with Crippen LogP contribution >= 0.6 is 0 Å². The fourth-order valence-electron chi connectivity index (χ4n) is 3.27. The number of aromatic nitrogens is 1. The van der Waals surface area contributed by atoms with Crippen LogP contribution in [0.1, 0.15) is 17.3 Å². The monoisotopic (exact) mass is 281 g/mol. The van der Waals surface area contributed by atoms with E-state index in [2.05, 4.69) is 4.57 Å². The zero-order chi connectivity index (χ0) is 14.6. The number of rotatable bonds is 0. The van der Waals surface area contributed by atoms with Gasteiger partial charge in [0.2, 0.25) is 0 Å². The summed E-state index contributed by atoms with van der Waals surface area (Å²) in [6.45, 7) is 1.24. The van der Waals surface area contributed by atoms with Gasteiger partial charge >= 0.3 is 11.8 Å². The number of likely N-dealkylation sites (N-methyl/N-ethyl adjacent to an activating group) is 1. The van der Waals surface area contributed by atoms with Gasteiger partial charge in [0.05, 0.1) is 6.04 Å². The normalized spacial score (nSPS) is 20.7. The van der Waals surface area contributed by atoms with Crippen LogP contribution in [0, 0.1) is 0 Å². The number of piperazine rings is 1. The smallest absolute Gasteiger partial charge is 0.317 e. The average Bonchev–Trinajstić information content (AvgIpc) is 2.89. The van der Waals surface area contributed by atoms with E-state index >= 15 is 0 Å². The summed E-state index contributed by atoms with van der Waals surface area (Å²) < 4.78 is 2.15. The lowest BCUT2D eigenvalue weighted by molar-refractivity contribution is -0.146. The predicted molar refractivity (Wildman–Crippen MR) is 77.8 cm³/mol. The molecule has 5 heteroatoms. The quantitative estimate of drug-likeness (QED) is 0.685. The van der Waals surface area contributed by atoms with E-state index in [1.165, 1.54) is 4.90 Å². The highest BCUT2D eigenvalue weighted by Gasteiger charge is 2.42. The molecule has 1 aromatic carbocycles. The molecule has 0 aliphatic carbocycles. The molecule has 2 aliphatic heterocycles. The van der Waals surface area contributed by atoms with Crippen molar-refractivity contribution >= 4 is 17.5 Å². The lowest BCUT2D eigenvalue weighted by Crippen LogP contribution is -2.54. The molecule has 4 rings (SSSR count). The maximum atomic E-state index is 12.5. The molecule has 2 aromatic rings. The third-order valence-corrected chi connectivity index (χ3v) is 4.30. The summed E-state index contributed by atoms with van der Waals surface area (Å²) in [5, 5.41) is 0. The molecule has 0 bridgehead atoms. The van der Waals surface area contributed by atoms with Gasteiger partial charge in [-0.3, -0.25) is 14.5 Å². The number of hydrogen-bond donors (Lipinski definition) is 0. The Hall–Kier alpha value is -2.56. The molecule has 2 aliphatic rings. The number of carbonyl (C=O) groups excluding carboxylic acids is 2. The van der Waals surface area contributed by atoms with E-state index in [-0.39, 0.29) is 6.04 Å². The van der Waals surface area contributed by atoms with Crippen LogP contribution in [-0.2, 0) is 16.1 Å². The van der Waals surface area contributed by atoms with E-state index in [4.69, 9.17) is 0 Å². The molecule has 5 nitrogen and oxygen atoms in total. The number of anilines is 1. The maximum Gasteiger partial charge on any atom is 0.317 e. The molecule has 1 aromatic heterocycles. The molecule has 21 heavy (non-hydrogen) atoms. The Bertz CT molecular complexity index is 749. The number of para-hydroxylation sites is 1. The minimum atomic E-state index is -0.448. The van der Waals surface area contributed by atoms with E-state index in [9.17, 15) is 9.59 Å². The largest absolute Gasteiger partial charge is 0.345 e. The topological polar surface area (TPSA) is 45.5 Å². The first-order valence-electron chi connectivity index (χ1n) is 6.98. The highest BCUT2D eigenvalue weighted by Crippen LogP contribution is 2.37. The highest BCUT2D eigenvalue weighted by atomic mass is 16.2. The maximum absolute atomic E-state index is 12.5. The highest BCUT2D eigenvalue weighted by molar-refractivity contribution is 6.41. The van der Waals surface area contributed by atoms with Crippen LogP contribution in [0.15, 0.2) is 42.6 Å². The minimum Gasteiger partial charge on any atom is -0.345 e. The fraction of sp³-hybridized carbons (Fsp3) is 0.250. The van der Waals surface area contributed by atoms with E-state index < -0.39 is 11.8 Å². The van der Waals surface area contributed by atoms with Crippen LogP contribution in [0.25, 0.3) is 0 Å². The molecule has 0 N–H and O–H groups in total. The summed E-state index contributed by atoms with van der Waals surface area (Å²) in [5.74, 6) is -0.892. The van der Waals surface area contributed by atoms with Crippen LogP contribution in [0.4, 0.5) is 5.69 Å². The first kappa shape index (κ1) is 12.2. The van der Waals surface area contributed by atoms with Crippen molar-refractivity contribution in [3.05, 3.63) is 53.9 Å². The third kappa shape index (κ3) is 1.63. The van der Waals surface area contributed by atoms with Gasteiger partial charge in [-0.15, -0.1) is 0 Å². The zero-order valence-corrected chi connectivity index (χ0v) is 11.7. The Balaban J connectivity index is 1.96. The first-order valence-corrected chi connectivity index (χ1v) is 6.98. The second-order valence-electron chi connectivity index (χ2n) is 5.57. The van der Waals surface area contributed by atoms with E-state index in [0.717, 1.165) is 23.5 Å². The van der Waals surface area contributed by atoms with Gasteiger partial charge in [-0.2, -0.15) is 0 Å². The van der Waals surface area contributed by atoms with Gasteiger partial charge in [0, 0.05) is 37.7 Å². The van der Waals surface area contributed by atoms with Gasteiger partial charge in [-0.1, -0.05) is 18.2 Å². The SMILES string of the molecule is CN1CC2c3cccn3Cc3ccccc3N2C(=O)C1=O. The van der Waals surface area contributed by atoms with Crippen LogP contribution < -0.4 is 4.90 Å². The second kappa shape index (κ2) is 4.22. The number of benzene rings is 1. The first-order chi connectivity index (χ1) is 10.2. The Labute approximate surface area is 122 Å². The molecule has 0 spiro atoms. The van der Waals surface area contributed by atoms with Crippen molar-refractivity contribution in [2.45, 2.75) is 12.6 Å². The summed E-state index contributed by atoms with van der Waals surface area (Å²) >= 11 is 0. The van der Waals surface area contributed by atoms with Crippen LogP contribution in [0.5, 0.6) is 0 Å². The summed E-state index contributed by atoms with van der Waals surface area (Å²) in [6, 6.07) is 11.7. The molecule has 3 heterocycles. The molecule has 1 atom stereocenters. The Morgan fingerprint density at radius 1 is 1.05 bits per heavy atom. The average molecular weight is 281 g/mol. The van der Waals surface area contributed by atoms with Gasteiger partial charge < -0.3 is 9.47 Å². The summed E-state index contributed by atoms with van der Waals surface area (Å²) in [5.41, 5.74) is 2.97. The number of nitrogens with zero attached hydrogens (tertiary/aromatic N) is 3. The van der Waals surface area contributed by atoms with Crippen molar-refractivity contribution in [1.29, 1.82) is 0 Å². The van der Waals surface area contributed by atoms with Gasteiger partial charge in [0.1, 0.15) is 0 Å². The van der Waals surface area contributed by atoms with E-state index in [1.54, 1.807) is 11.9 Å². The molecule has 1 fully saturated rings. The summed E-state index contributed by atoms with van der Waals surface area (Å²) in [7, 11) is 1.68. The van der Waals surface area contributed by atoms with E-state index in [0.29, 0.717) is 6.54 Å². The molecule has 0 saturated carbocycles. The van der Waals surface area contributed by atoms with Crippen molar-refractivity contribution in [2.24, 2.45) is 0 Å². The zero-order valence-electron chi connectivity index (χ0n) is 11.7. The molecule has 106 valence electrons. The lowest BCUT2D eigenvalue weighted by atomic mass is 10.1. The van der Waals surface area contributed by atoms with Gasteiger partial charge in [-0.25, -0.2) is 0 Å². The number of hydrogen-bond acceptors (Lipinski definition) is 2. The van der Waals surface area contributed by atoms with Gasteiger partial charge in [0.15, 0.2) is 0 Å². The van der Waals surface area contributed by atoms with Crippen LogP contribution in [0.3, 0.4) is 0 Å². The molecular formula is C16H15N3O2. The van der Waals surface area contributed by atoms with Crippen molar-refractivity contribution < 1.29 is 9.59 Å². The molecule has 1 unspecified atom stereocenters. The van der Waals surface area contributed by atoms with Crippen molar-refractivity contribution in [3.63, 3.8) is 0 Å². The molecule has 0 radical (unpaired) electrons. The Kier molecular flexibility index (Phi) is 2.45.